The summed E-state index contributed by atoms with van der Waals surface area (Å²) in [4.78, 5) is 38.8. The lowest BCUT2D eigenvalue weighted by atomic mass is 10.1. The Hall–Kier alpha value is -2.81. The van der Waals surface area contributed by atoms with Crippen molar-refractivity contribution >= 4 is 38.5 Å². The van der Waals surface area contributed by atoms with Crippen LogP contribution in [-0.4, -0.2) is 26.4 Å². The van der Waals surface area contributed by atoms with Crippen LogP contribution in [0.25, 0.3) is 22.4 Å². The molecule has 7 nitrogen and oxygen atoms in total. The fourth-order valence-corrected chi connectivity index (χ4v) is 4.44. The molecule has 0 saturated carbocycles. The SMILES string of the molecule is O=c1[nH]c(-c2ccncc2)nc2c1CN(Cc1c(Cl)c3cc(Br)ccc3oc1=O)CC2. The minimum atomic E-state index is -0.467. The Bertz CT molecular complexity index is 1420. The van der Waals surface area contributed by atoms with Gasteiger partial charge in [-0.15, -0.1) is 0 Å². The maximum Gasteiger partial charge on any atom is 0.342 e. The molecular formula is C22H16BrClN4O3. The second-order valence-corrected chi connectivity index (χ2v) is 8.65. The number of halogens is 2. The molecule has 0 unspecified atom stereocenters. The molecule has 4 aromatic rings. The van der Waals surface area contributed by atoms with Crippen LogP contribution in [0.4, 0.5) is 0 Å². The first-order chi connectivity index (χ1) is 15.0. The van der Waals surface area contributed by atoms with Crippen LogP contribution in [0.5, 0.6) is 0 Å². The van der Waals surface area contributed by atoms with Crippen LogP contribution >= 0.6 is 27.5 Å². The Labute approximate surface area is 189 Å². The van der Waals surface area contributed by atoms with Crippen molar-refractivity contribution in [2.24, 2.45) is 0 Å². The van der Waals surface area contributed by atoms with E-state index >= 15 is 0 Å². The second-order valence-electron chi connectivity index (χ2n) is 7.36. The smallest absolute Gasteiger partial charge is 0.342 e. The highest BCUT2D eigenvalue weighted by molar-refractivity contribution is 9.10. The third-order valence-electron chi connectivity index (χ3n) is 5.38. The highest BCUT2D eigenvalue weighted by Crippen LogP contribution is 2.29. The van der Waals surface area contributed by atoms with Crippen LogP contribution in [0.1, 0.15) is 16.8 Å². The fraction of sp³-hybridized carbons (Fsp3) is 0.182. The molecule has 0 fully saturated rings. The zero-order valence-corrected chi connectivity index (χ0v) is 18.5. The van der Waals surface area contributed by atoms with Gasteiger partial charge in [-0.2, -0.15) is 0 Å². The van der Waals surface area contributed by atoms with Gasteiger partial charge in [0, 0.05) is 53.9 Å². The third kappa shape index (κ3) is 3.82. The summed E-state index contributed by atoms with van der Waals surface area (Å²) >= 11 is 9.98. The summed E-state index contributed by atoms with van der Waals surface area (Å²) in [5, 5.41) is 1.04. The summed E-state index contributed by atoms with van der Waals surface area (Å²) in [6, 6.07) is 8.94. The number of rotatable bonds is 3. The van der Waals surface area contributed by atoms with E-state index in [-0.39, 0.29) is 12.1 Å². The van der Waals surface area contributed by atoms with Gasteiger partial charge >= 0.3 is 5.63 Å². The van der Waals surface area contributed by atoms with Gasteiger partial charge in [-0.3, -0.25) is 14.7 Å². The summed E-state index contributed by atoms with van der Waals surface area (Å²) < 4.78 is 6.30. The van der Waals surface area contributed by atoms with Gasteiger partial charge in [-0.05, 0) is 30.3 Å². The lowest BCUT2D eigenvalue weighted by Gasteiger charge is -2.27. The molecule has 0 atom stereocenters. The molecule has 0 saturated heterocycles. The Morgan fingerprint density at radius 2 is 2.00 bits per heavy atom. The number of fused-ring (bicyclic) bond motifs is 2. The van der Waals surface area contributed by atoms with Crippen LogP contribution in [0.3, 0.4) is 0 Å². The molecule has 31 heavy (non-hydrogen) atoms. The summed E-state index contributed by atoms with van der Waals surface area (Å²) in [7, 11) is 0. The predicted octanol–water partition coefficient (Wildman–Crippen LogP) is 3.91. The lowest BCUT2D eigenvalue weighted by molar-refractivity contribution is 0.239. The van der Waals surface area contributed by atoms with Crippen molar-refractivity contribution < 1.29 is 4.42 Å². The van der Waals surface area contributed by atoms with Gasteiger partial charge in [0.1, 0.15) is 11.4 Å². The number of benzene rings is 1. The molecule has 1 N–H and O–H groups in total. The normalized spacial score (nSPS) is 14.0. The number of hydrogen-bond donors (Lipinski definition) is 1. The summed E-state index contributed by atoms with van der Waals surface area (Å²) in [6.07, 6.45) is 3.92. The van der Waals surface area contributed by atoms with E-state index < -0.39 is 5.63 Å². The van der Waals surface area contributed by atoms with E-state index in [2.05, 4.69) is 30.9 Å². The highest BCUT2D eigenvalue weighted by Gasteiger charge is 2.24. The van der Waals surface area contributed by atoms with E-state index in [1.807, 2.05) is 11.0 Å². The quantitative estimate of drug-likeness (QED) is 0.430. The minimum absolute atomic E-state index is 0.179. The number of nitrogens with one attached hydrogen (secondary N) is 1. The van der Waals surface area contributed by atoms with E-state index in [0.717, 1.165) is 15.7 Å². The first-order valence-electron chi connectivity index (χ1n) is 9.65. The maximum atomic E-state index is 12.8. The Morgan fingerprint density at radius 3 is 2.81 bits per heavy atom. The molecule has 9 heteroatoms. The Balaban J connectivity index is 1.46. The zero-order chi connectivity index (χ0) is 21.5. The van der Waals surface area contributed by atoms with Gasteiger partial charge in [0.2, 0.25) is 0 Å². The summed E-state index contributed by atoms with van der Waals surface area (Å²) in [5.41, 5.74) is 2.36. The average Bonchev–Trinajstić information content (AvgIpc) is 2.78. The highest BCUT2D eigenvalue weighted by atomic mass is 79.9. The van der Waals surface area contributed by atoms with E-state index in [1.165, 1.54) is 0 Å². The molecule has 5 rings (SSSR count). The van der Waals surface area contributed by atoms with E-state index in [0.29, 0.717) is 52.5 Å². The van der Waals surface area contributed by atoms with Crippen LogP contribution in [0, 0.1) is 0 Å². The van der Waals surface area contributed by atoms with Gasteiger partial charge < -0.3 is 9.40 Å². The first kappa shape index (κ1) is 20.1. The van der Waals surface area contributed by atoms with Crippen LogP contribution in [0.15, 0.2) is 61.2 Å². The monoisotopic (exact) mass is 498 g/mol. The number of pyridine rings is 1. The topological polar surface area (TPSA) is 92.1 Å². The summed E-state index contributed by atoms with van der Waals surface area (Å²) in [6.45, 7) is 1.31. The molecule has 156 valence electrons. The van der Waals surface area contributed by atoms with Gasteiger partial charge in [0.15, 0.2) is 0 Å². The Morgan fingerprint density at radius 1 is 1.19 bits per heavy atom. The molecule has 0 aliphatic carbocycles. The van der Waals surface area contributed by atoms with Gasteiger partial charge in [0.25, 0.3) is 5.56 Å². The second kappa shape index (κ2) is 8.03. The molecular weight excluding hydrogens is 484 g/mol. The number of aromatic amines is 1. The molecule has 1 aromatic carbocycles. The molecule has 3 aromatic heterocycles. The first-order valence-corrected chi connectivity index (χ1v) is 10.8. The molecule has 1 aliphatic rings. The van der Waals surface area contributed by atoms with Crippen molar-refractivity contribution in [3.8, 4) is 11.4 Å². The van der Waals surface area contributed by atoms with E-state index in [9.17, 15) is 9.59 Å². The molecule has 0 amide bonds. The number of H-pyrrole nitrogens is 1. The van der Waals surface area contributed by atoms with Crippen molar-refractivity contribution in [3.05, 3.63) is 89.8 Å². The van der Waals surface area contributed by atoms with Gasteiger partial charge in [-0.1, -0.05) is 27.5 Å². The fourth-order valence-electron chi connectivity index (χ4n) is 3.80. The average molecular weight is 500 g/mol. The van der Waals surface area contributed by atoms with Crippen molar-refractivity contribution in [2.75, 3.05) is 6.54 Å². The van der Waals surface area contributed by atoms with Gasteiger partial charge in [-0.25, -0.2) is 9.78 Å². The standard InChI is InChI=1S/C22H16BrClN4O3/c23-13-1-2-18-14(9-13)19(24)16(22(30)31-18)11-28-8-5-17-15(10-28)21(29)27-20(26-17)12-3-6-25-7-4-12/h1-4,6-7,9H,5,8,10-11H2,(H,26,27,29). The minimum Gasteiger partial charge on any atom is -0.422 e. The molecule has 4 heterocycles. The van der Waals surface area contributed by atoms with Crippen molar-refractivity contribution in [1.29, 1.82) is 0 Å². The van der Waals surface area contributed by atoms with Crippen molar-refractivity contribution in [1.82, 2.24) is 19.9 Å². The van der Waals surface area contributed by atoms with E-state index in [4.69, 9.17) is 16.0 Å². The molecule has 0 bridgehead atoms. The molecule has 0 radical (unpaired) electrons. The largest absolute Gasteiger partial charge is 0.422 e. The Kier molecular flexibility index (Phi) is 5.21. The van der Waals surface area contributed by atoms with Crippen molar-refractivity contribution in [3.63, 3.8) is 0 Å². The number of hydrogen-bond acceptors (Lipinski definition) is 6. The van der Waals surface area contributed by atoms with Gasteiger partial charge in [0.05, 0.1) is 21.8 Å². The third-order valence-corrected chi connectivity index (χ3v) is 6.30. The van der Waals surface area contributed by atoms with Crippen LogP contribution in [0.2, 0.25) is 5.02 Å². The molecule has 1 aliphatic heterocycles. The number of nitrogens with zero attached hydrogens (tertiary/aromatic N) is 3. The lowest BCUT2D eigenvalue weighted by Crippen LogP contribution is -2.36. The molecule has 0 spiro atoms. The summed E-state index contributed by atoms with van der Waals surface area (Å²) in [5.74, 6) is 0.531. The van der Waals surface area contributed by atoms with Crippen LogP contribution in [-0.2, 0) is 19.5 Å². The maximum absolute atomic E-state index is 12.8. The van der Waals surface area contributed by atoms with Crippen molar-refractivity contribution in [2.45, 2.75) is 19.5 Å². The zero-order valence-electron chi connectivity index (χ0n) is 16.2. The number of aromatic nitrogens is 3. The van der Waals surface area contributed by atoms with Crippen LogP contribution < -0.4 is 11.2 Å². The predicted molar refractivity (Wildman–Crippen MR) is 121 cm³/mol. The van der Waals surface area contributed by atoms with E-state index in [1.54, 1.807) is 36.7 Å².